The van der Waals surface area contributed by atoms with Crippen LogP contribution in [0.4, 0.5) is 5.69 Å². The number of fused-ring (bicyclic) bond motifs is 1. The topological polar surface area (TPSA) is 57.7 Å². The summed E-state index contributed by atoms with van der Waals surface area (Å²) in [5, 5.41) is 0.987. The second-order valence-electron chi connectivity index (χ2n) is 7.64. The van der Waals surface area contributed by atoms with Crippen molar-refractivity contribution in [1.29, 1.82) is 0 Å². The van der Waals surface area contributed by atoms with Crippen molar-refractivity contribution < 1.29 is 13.2 Å². The molecule has 1 saturated heterocycles. The van der Waals surface area contributed by atoms with Gasteiger partial charge >= 0.3 is 0 Å². The van der Waals surface area contributed by atoms with E-state index in [0.29, 0.717) is 54.0 Å². The number of Topliss-reactive ketones (excluding diaryl/α,β-unsaturated/α-hetero) is 1. The second kappa shape index (κ2) is 7.91. The average molecular weight is 453 g/mol. The van der Waals surface area contributed by atoms with Crippen LogP contribution in [-0.2, 0) is 27.7 Å². The van der Waals surface area contributed by atoms with Crippen molar-refractivity contribution in [1.82, 2.24) is 4.31 Å². The lowest BCUT2D eigenvalue weighted by atomic mass is 10.0. The highest BCUT2D eigenvalue weighted by Gasteiger charge is 2.31. The third kappa shape index (κ3) is 4.04. The Morgan fingerprint density at radius 3 is 2.28 bits per heavy atom. The fraction of sp³-hybridized carbons (Fsp3) is 0.381. The molecular formula is C21H22Cl2N2O3S. The molecule has 154 valence electrons. The first kappa shape index (κ1) is 20.7. The molecule has 8 heteroatoms. The van der Waals surface area contributed by atoms with Gasteiger partial charge in [-0.05, 0) is 61.2 Å². The van der Waals surface area contributed by atoms with Crippen molar-refractivity contribution in [2.75, 3.05) is 31.1 Å². The lowest BCUT2D eigenvalue weighted by Crippen LogP contribution is -2.48. The monoisotopic (exact) mass is 452 g/mol. The Balaban J connectivity index is 1.48. The molecule has 0 bridgehead atoms. The third-order valence-corrected chi connectivity index (χ3v) is 8.46. The Bertz CT molecular complexity index is 1060. The van der Waals surface area contributed by atoms with Crippen LogP contribution < -0.4 is 4.90 Å². The van der Waals surface area contributed by atoms with Gasteiger partial charge in [-0.15, -0.1) is 0 Å². The van der Waals surface area contributed by atoms with Gasteiger partial charge in [-0.25, -0.2) is 8.42 Å². The number of sulfonamides is 1. The molecule has 0 spiro atoms. The second-order valence-corrected chi connectivity index (χ2v) is 10.4. The smallest absolute Gasteiger partial charge is 0.243 e. The maximum absolute atomic E-state index is 13.1. The van der Waals surface area contributed by atoms with Crippen molar-refractivity contribution in [2.45, 2.75) is 24.7 Å². The molecule has 0 saturated carbocycles. The van der Waals surface area contributed by atoms with Crippen LogP contribution in [0.3, 0.4) is 0 Å². The average Bonchev–Trinajstić information content (AvgIpc) is 3.14. The molecular weight excluding hydrogens is 431 g/mol. The van der Waals surface area contributed by atoms with Crippen LogP contribution >= 0.6 is 23.2 Å². The SMILES string of the molecule is CC(=O)C1Cc2ccc(S(=O)(=O)N3CCN(c4ccc(Cl)c(Cl)c4)CC3)cc2C1. The van der Waals surface area contributed by atoms with Gasteiger partial charge in [-0.3, -0.25) is 4.79 Å². The molecule has 1 fully saturated rings. The third-order valence-electron chi connectivity index (χ3n) is 5.83. The summed E-state index contributed by atoms with van der Waals surface area (Å²) in [5.41, 5.74) is 2.98. The molecule has 0 N–H and O–H groups in total. The van der Waals surface area contributed by atoms with E-state index in [1.807, 2.05) is 12.1 Å². The summed E-state index contributed by atoms with van der Waals surface area (Å²) in [5.74, 6) is 0.127. The number of nitrogens with zero attached hydrogens (tertiary/aromatic N) is 2. The van der Waals surface area contributed by atoms with E-state index in [4.69, 9.17) is 23.2 Å². The Labute approximate surface area is 181 Å². The van der Waals surface area contributed by atoms with Crippen LogP contribution in [0.15, 0.2) is 41.3 Å². The maximum Gasteiger partial charge on any atom is 0.243 e. The van der Waals surface area contributed by atoms with Gasteiger partial charge in [0.05, 0.1) is 14.9 Å². The summed E-state index contributed by atoms with van der Waals surface area (Å²) in [4.78, 5) is 14.1. The number of ketones is 1. The molecule has 4 rings (SSSR count). The minimum absolute atomic E-state index is 0.0299. The number of carbonyl (C=O) groups excluding carboxylic acids is 1. The first-order valence-electron chi connectivity index (χ1n) is 9.58. The molecule has 5 nitrogen and oxygen atoms in total. The summed E-state index contributed by atoms with van der Waals surface area (Å²) in [7, 11) is -3.57. The molecule has 2 aliphatic rings. The van der Waals surface area contributed by atoms with Crippen molar-refractivity contribution >= 4 is 44.7 Å². The lowest BCUT2D eigenvalue weighted by molar-refractivity contribution is -0.120. The minimum atomic E-state index is -3.57. The number of anilines is 1. The molecule has 1 aliphatic heterocycles. The quantitative estimate of drug-likeness (QED) is 0.707. The van der Waals surface area contributed by atoms with Crippen LogP contribution in [0.25, 0.3) is 0 Å². The summed E-state index contributed by atoms with van der Waals surface area (Å²) < 4.78 is 27.8. The van der Waals surface area contributed by atoms with Gasteiger partial charge in [-0.2, -0.15) is 4.31 Å². The van der Waals surface area contributed by atoms with E-state index in [0.717, 1.165) is 16.8 Å². The molecule has 0 amide bonds. The van der Waals surface area contributed by atoms with Crippen molar-refractivity contribution in [3.63, 3.8) is 0 Å². The van der Waals surface area contributed by atoms with Crippen LogP contribution in [0.1, 0.15) is 18.1 Å². The Hall–Kier alpha value is -1.60. The zero-order chi connectivity index (χ0) is 20.8. The molecule has 1 atom stereocenters. The minimum Gasteiger partial charge on any atom is -0.369 e. The van der Waals surface area contributed by atoms with Crippen LogP contribution in [0.2, 0.25) is 10.0 Å². The van der Waals surface area contributed by atoms with Gasteiger partial charge < -0.3 is 4.90 Å². The van der Waals surface area contributed by atoms with E-state index in [9.17, 15) is 13.2 Å². The summed E-state index contributed by atoms with van der Waals surface area (Å²) >= 11 is 12.1. The Kier molecular flexibility index (Phi) is 5.64. The molecule has 2 aromatic rings. The lowest BCUT2D eigenvalue weighted by Gasteiger charge is -2.35. The Morgan fingerprint density at radius 1 is 0.931 bits per heavy atom. The van der Waals surface area contributed by atoms with Gasteiger partial charge in [0.15, 0.2) is 0 Å². The predicted octanol–water partition coefficient (Wildman–Crippen LogP) is 3.81. The van der Waals surface area contributed by atoms with Gasteiger partial charge in [0.2, 0.25) is 10.0 Å². The largest absolute Gasteiger partial charge is 0.369 e. The van der Waals surface area contributed by atoms with E-state index in [1.165, 1.54) is 4.31 Å². The number of hydrogen-bond donors (Lipinski definition) is 0. The van der Waals surface area contributed by atoms with E-state index in [2.05, 4.69) is 4.90 Å². The first-order chi connectivity index (χ1) is 13.8. The van der Waals surface area contributed by atoms with E-state index >= 15 is 0 Å². The fourth-order valence-electron chi connectivity index (χ4n) is 4.06. The number of carbonyl (C=O) groups is 1. The van der Waals surface area contributed by atoms with Gasteiger partial charge in [-0.1, -0.05) is 29.3 Å². The van der Waals surface area contributed by atoms with Crippen LogP contribution in [-0.4, -0.2) is 44.7 Å². The van der Waals surface area contributed by atoms with E-state index < -0.39 is 10.0 Å². The molecule has 1 heterocycles. The predicted molar refractivity (Wildman–Crippen MR) is 115 cm³/mol. The summed E-state index contributed by atoms with van der Waals surface area (Å²) in [6, 6.07) is 10.7. The zero-order valence-corrected chi connectivity index (χ0v) is 18.4. The molecule has 0 radical (unpaired) electrons. The number of hydrogen-bond acceptors (Lipinski definition) is 4. The number of piperazine rings is 1. The molecule has 2 aromatic carbocycles. The fourth-order valence-corrected chi connectivity index (χ4v) is 5.83. The normalized spacial score (nSPS) is 20.0. The molecule has 1 unspecified atom stereocenters. The summed E-state index contributed by atoms with van der Waals surface area (Å²) in [6.07, 6.45) is 1.33. The maximum atomic E-state index is 13.1. The molecule has 1 aliphatic carbocycles. The summed E-state index contributed by atoms with van der Waals surface area (Å²) in [6.45, 7) is 3.55. The van der Waals surface area contributed by atoms with Crippen LogP contribution in [0, 0.1) is 5.92 Å². The van der Waals surface area contributed by atoms with Crippen molar-refractivity contribution in [3.8, 4) is 0 Å². The highest BCUT2D eigenvalue weighted by Crippen LogP contribution is 2.31. The first-order valence-corrected chi connectivity index (χ1v) is 11.8. The zero-order valence-electron chi connectivity index (χ0n) is 16.1. The standard InChI is InChI=1S/C21H22Cl2N2O3S/c1-14(26)16-10-15-2-4-19(12-17(15)11-16)29(27,28)25-8-6-24(7-9-25)18-3-5-20(22)21(23)13-18/h2-5,12-13,16H,6-11H2,1H3. The van der Waals surface area contributed by atoms with Crippen molar-refractivity contribution in [2.24, 2.45) is 5.92 Å². The van der Waals surface area contributed by atoms with Crippen LogP contribution in [0.5, 0.6) is 0 Å². The van der Waals surface area contributed by atoms with Gasteiger partial charge in [0.25, 0.3) is 0 Å². The highest BCUT2D eigenvalue weighted by atomic mass is 35.5. The number of benzene rings is 2. The van der Waals surface area contributed by atoms with Gasteiger partial charge in [0, 0.05) is 37.8 Å². The van der Waals surface area contributed by atoms with E-state index in [-0.39, 0.29) is 11.7 Å². The van der Waals surface area contributed by atoms with Crippen molar-refractivity contribution in [3.05, 3.63) is 57.6 Å². The molecule has 0 aromatic heterocycles. The molecule has 29 heavy (non-hydrogen) atoms. The van der Waals surface area contributed by atoms with E-state index in [1.54, 1.807) is 31.2 Å². The van der Waals surface area contributed by atoms with Gasteiger partial charge in [0.1, 0.15) is 5.78 Å². The number of halogens is 2. The Morgan fingerprint density at radius 2 is 1.62 bits per heavy atom. The highest BCUT2D eigenvalue weighted by molar-refractivity contribution is 7.89. The number of rotatable bonds is 4.